The zero-order chi connectivity index (χ0) is 16.1. The van der Waals surface area contributed by atoms with E-state index in [2.05, 4.69) is 6.07 Å². The molecule has 1 aliphatic heterocycles. The third kappa shape index (κ3) is 3.99. The maximum Gasteiger partial charge on any atom is 0.228 e. The van der Waals surface area contributed by atoms with Gasteiger partial charge in [0.1, 0.15) is 0 Å². The lowest BCUT2D eigenvalue weighted by Gasteiger charge is -2.22. The highest BCUT2D eigenvalue weighted by molar-refractivity contribution is 7.09. The number of thiophene rings is 1. The number of benzene rings is 1. The largest absolute Gasteiger partial charge is 0.340 e. The summed E-state index contributed by atoms with van der Waals surface area (Å²) in [5.74, 6) is 0.228. The zero-order valence-electron chi connectivity index (χ0n) is 13.0. The van der Waals surface area contributed by atoms with Gasteiger partial charge in [-0.25, -0.2) is 0 Å². The fraction of sp³-hybridized carbons (Fsp3) is 0.333. The standard InChI is InChI=1S/C18H20N2O2S/c21-17(9-8-16-7-4-14-23-16)19-11-10-18(22)20(13-12-19)15-5-2-1-3-6-15/h1-7,14H,8-13H2. The van der Waals surface area contributed by atoms with Gasteiger partial charge in [-0.15, -0.1) is 11.3 Å². The molecule has 3 rings (SSSR count). The van der Waals surface area contributed by atoms with Crippen LogP contribution in [0.2, 0.25) is 0 Å². The average molecular weight is 328 g/mol. The summed E-state index contributed by atoms with van der Waals surface area (Å²) in [7, 11) is 0. The monoisotopic (exact) mass is 328 g/mol. The Bertz CT molecular complexity index is 655. The van der Waals surface area contributed by atoms with E-state index < -0.39 is 0 Å². The van der Waals surface area contributed by atoms with Gasteiger partial charge in [0.15, 0.2) is 0 Å². The van der Waals surface area contributed by atoms with Gasteiger partial charge in [0.2, 0.25) is 11.8 Å². The molecule has 0 atom stereocenters. The molecule has 120 valence electrons. The van der Waals surface area contributed by atoms with Crippen molar-refractivity contribution in [3.8, 4) is 0 Å². The SMILES string of the molecule is O=C(CCc1cccs1)N1CCC(=O)N(c2ccccc2)CC1. The van der Waals surface area contributed by atoms with Crippen LogP contribution in [0.5, 0.6) is 0 Å². The summed E-state index contributed by atoms with van der Waals surface area (Å²) in [4.78, 5) is 29.6. The van der Waals surface area contributed by atoms with Crippen LogP contribution in [0.3, 0.4) is 0 Å². The van der Waals surface area contributed by atoms with Gasteiger partial charge in [-0.2, -0.15) is 0 Å². The predicted molar refractivity (Wildman–Crippen MR) is 92.6 cm³/mol. The lowest BCUT2D eigenvalue weighted by molar-refractivity contribution is -0.131. The van der Waals surface area contributed by atoms with E-state index in [1.165, 1.54) is 4.88 Å². The highest BCUT2D eigenvalue weighted by Gasteiger charge is 2.24. The molecule has 0 N–H and O–H groups in total. The van der Waals surface area contributed by atoms with E-state index in [-0.39, 0.29) is 11.8 Å². The number of aryl methyl sites for hydroxylation is 1. The van der Waals surface area contributed by atoms with Crippen molar-refractivity contribution in [3.05, 3.63) is 52.7 Å². The van der Waals surface area contributed by atoms with Gasteiger partial charge in [-0.05, 0) is 30.0 Å². The van der Waals surface area contributed by atoms with Crippen molar-refractivity contribution in [1.29, 1.82) is 0 Å². The molecular weight excluding hydrogens is 308 g/mol. The Morgan fingerprint density at radius 1 is 1.04 bits per heavy atom. The van der Waals surface area contributed by atoms with Crippen molar-refractivity contribution in [2.75, 3.05) is 24.5 Å². The number of carbonyl (C=O) groups excluding carboxylic acids is 2. The number of hydrogen-bond donors (Lipinski definition) is 0. The Kier molecular flexibility index (Phi) is 5.08. The molecule has 1 aliphatic rings. The lowest BCUT2D eigenvalue weighted by atomic mass is 10.2. The molecular formula is C18H20N2O2S. The van der Waals surface area contributed by atoms with Crippen LogP contribution in [0.25, 0.3) is 0 Å². The Balaban J connectivity index is 1.59. The zero-order valence-corrected chi connectivity index (χ0v) is 13.8. The molecule has 0 unspecified atom stereocenters. The number of anilines is 1. The van der Waals surface area contributed by atoms with Crippen LogP contribution in [0.1, 0.15) is 17.7 Å². The summed E-state index contributed by atoms with van der Waals surface area (Å²) in [6.45, 7) is 1.68. The smallest absolute Gasteiger partial charge is 0.228 e. The molecule has 1 fully saturated rings. The minimum atomic E-state index is 0.0877. The maximum atomic E-state index is 12.4. The molecule has 0 saturated carbocycles. The Labute approximate surface area is 140 Å². The molecule has 23 heavy (non-hydrogen) atoms. The van der Waals surface area contributed by atoms with Gasteiger partial charge in [0.25, 0.3) is 0 Å². The molecule has 0 aliphatic carbocycles. The van der Waals surface area contributed by atoms with E-state index >= 15 is 0 Å². The average Bonchev–Trinajstić information content (AvgIpc) is 3.02. The van der Waals surface area contributed by atoms with Gasteiger partial charge in [0.05, 0.1) is 0 Å². The third-order valence-electron chi connectivity index (χ3n) is 4.08. The van der Waals surface area contributed by atoms with Crippen molar-refractivity contribution in [3.63, 3.8) is 0 Å². The van der Waals surface area contributed by atoms with Gasteiger partial charge in [0, 0.05) is 43.0 Å². The van der Waals surface area contributed by atoms with Gasteiger partial charge < -0.3 is 9.80 Å². The van der Waals surface area contributed by atoms with Crippen LogP contribution >= 0.6 is 11.3 Å². The van der Waals surface area contributed by atoms with E-state index in [9.17, 15) is 9.59 Å². The first kappa shape index (κ1) is 15.7. The number of nitrogens with zero attached hydrogens (tertiary/aromatic N) is 2. The molecule has 4 nitrogen and oxygen atoms in total. The van der Waals surface area contributed by atoms with Crippen molar-refractivity contribution >= 4 is 28.8 Å². The summed E-state index contributed by atoms with van der Waals surface area (Å²) in [6, 6.07) is 13.7. The number of hydrogen-bond acceptors (Lipinski definition) is 3. The molecule has 5 heteroatoms. The first-order valence-corrected chi connectivity index (χ1v) is 8.77. The Morgan fingerprint density at radius 2 is 1.87 bits per heavy atom. The molecule has 0 spiro atoms. The number of amides is 2. The van der Waals surface area contributed by atoms with Crippen LogP contribution in [0.15, 0.2) is 47.8 Å². The normalized spacial score (nSPS) is 15.6. The van der Waals surface area contributed by atoms with E-state index in [0.717, 1.165) is 12.1 Å². The summed E-state index contributed by atoms with van der Waals surface area (Å²) in [5, 5.41) is 2.03. The van der Waals surface area contributed by atoms with Crippen LogP contribution < -0.4 is 4.90 Å². The summed E-state index contributed by atoms with van der Waals surface area (Å²) in [5.41, 5.74) is 0.908. The van der Waals surface area contributed by atoms with E-state index in [1.54, 1.807) is 16.2 Å². The topological polar surface area (TPSA) is 40.6 Å². The predicted octanol–water partition coefficient (Wildman–Crippen LogP) is 2.95. The Morgan fingerprint density at radius 3 is 2.61 bits per heavy atom. The molecule has 0 radical (unpaired) electrons. The number of rotatable bonds is 4. The molecule has 0 bridgehead atoms. The minimum absolute atomic E-state index is 0.0877. The molecule has 1 aromatic carbocycles. The molecule has 2 heterocycles. The molecule has 2 amide bonds. The highest BCUT2D eigenvalue weighted by Crippen LogP contribution is 2.18. The fourth-order valence-corrected chi connectivity index (χ4v) is 3.51. The van der Waals surface area contributed by atoms with Crippen molar-refractivity contribution in [2.45, 2.75) is 19.3 Å². The first-order chi connectivity index (χ1) is 11.2. The van der Waals surface area contributed by atoms with Crippen LogP contribution in [-0.4, -0.2) is 36.3 Å². The van der Waals surface area contributed by atoms with Crippen LogP contribution in [0, 0.1) is 0 Å². The lowest BCUT2D eigenvalue weighted by Crippen LogP contribution is -2.36. The summed E-state index contributed by atoms with van der Waals surface area (Å²) >= 11 is 1.68. The van der Waals surface area contributed by atoms with Gasteiger partial charge >= 0.3 is 0 Å². The second-order valence-corrected chi connectivity index (χ2v) is 6.62. The molecule has 1 aromatic heterocycles. The third-order valence-corrected chi connectivity index (χ3v) is 5.01. The van der Waals surface area contributed by atoms with E-state index in [0.29, 0.717) is 32.5 Å². The second kappa shape index (κ2) is 7.42. The first-order valence-electron chi connectivity index (χ1n) is 7.89. The van der Waals surface area contributed by atoms with Crippen molar-refractivity contribution < 1.29 is 9.59 Å². The summed E-state index contributed by atoms with van der Waals surface area (Å²) < 4.78 is 0. The van der Waals surface area contributed by atoms with Gasteiger partial charge in [-0.1, -0.05) is 24.3 Å². The Hall–Kier alpha value is -2.14. The number of para-hydroxylation sites is 1. The maximum absolute atomic E-state index is 12.4. The fourth-order valence-electron chi connectivity index (χ4n) is 2.80. The second-order valence-electron chi connectivity index (χ2n) is 5.59. The van der Waals surface area contributed by atoms with Crippen molar-refractivity contribution in [2.24, 2.45) is 0 Å². The van der Waals surface area contributed by atoms with Crippen LogP contribution in [-0.2, 0) is 16.0 Å². The summed E-state index contributed by atoms with van der Waals surface area (Å²) in [6.07, 6.45) is 1.68. The quantitative estimate of drug-likeness (QED) is 0.866. The van der Waals surface area contributed by atoms with E-state index in [4.69, 9.17) is 0 Å². The van der Waals surface area contributed by atoms with Gasteiger partial charge in [-0.3, -0.25) is 9.59 Å². The van der Waals surface area contributed by atoms with Crippen molar-refractivity contribution in [1.82, 2.24) is 4.90 Å². The molecule has 2 aromatic rings. The number of carbonyl (C=O) groups is 2. The minimum Gasteiger partial charge on any atom is -0.340 e. The van der Waals surface area contributed by atoms with Crippen LogP contribution in [0.4, 0.5) is 5.69 Å². The highest BCUT2D eigenvalue weighted by atomic mass is 32.1. The molecule has 1 saturated heterocycles. The van der Waals surface area contributed by atoms with E-state index in [1.807, 2.05) is 46.7 Å².